The second kappa shape index (κ2) is 7.61. The van der Waals surface area contributed by atoms with E-state index in [1.807, 2.05) is 24.3 Å². The van der Waals surface area contributed by atoms with E-state index >= 15 is 0 Å². The van der Waals surface area contributed by atoms with Gasteiger partial charge in [0.2, 0.25) is 0 Å². The van der Waals surface area contributed by atoms with Crippen LogP contribution in [0.3, 0.4) is 0 Å². The van der Waals surface area contributed by atoms with E-state index in [0.717, 1.165) is 10.0 Å². The molecule has 26 heavy (non-hydrogen) atoms. The zero-order valence-electron chi connectivity index (χ0n) is 14.3. The van der Waals surface area contributed by atoms with Crippen molar-refractivity contribution in [2.24, 2.45) is 0 Å². The number of carbonyl (C=O) groups is 2. The van der Waals surface area contributed by atoms with Crippen molar-refractivity contribution in [2.45, 2.75) is 13.0 Å². The van der Waals surface area contributed by atoms with Crippen molar-refractivity contribution in [3.8, 4) is 5.75 Å². The van der Waals surface area contributed by atoms with Crippen LogP contribution in [-0.2, 0) is 4.79 Å². The Morgan fingerprint density at radius 3 is 2.58 bits per heavy atom. The van der Waals surface area contributed by atoms with Gasteiger partial charge in [-0.2, -0.15) is 0 Å². The Morgan fingerprint density at radius 2 is 1.92 bits per heavy atom. The minimum absolute atomic E-state index is 0.287. The molecular formula is C19H18BrN3O3. The van der Waals surface area contributed by atoms with Crippen LogP contribution in [0.4, 0.5) is 10.5 Å². The number of benzene rings is 2. The lowest BCUT2D eigenvalue weighted by Crippen LogP contribution is -2.45. The van der Waals surface area contributed by atoms with Crippen molar-refractivity contribution in [2.75, 3.05) is 12.4 Å². The molecule has 0 radical (unpaired) electrons. The predicted molar refractivity (Wildman–Crippen MR) is 103 cm³/mol. The highest BCUT2D eigenvalue weighted by atomic mass is 79.9. The molecule has 1 unspecified atom stereocenters. The number of halogens is 1. The van der Waals surface area contributed by atoms with Crippen LogP contribution in [-0.4, -0.2) is 19.0 Å². The van der Waals surface area contributed by atoms with Gasteiger partial charge in [-0.05, 0) is 48.9 Å². The topological polar surface area (TPSA) is 79.5 Å². The van der Waals surface area contributed by atoms with Gasteiger partial charge in [0.15, 0.2) is 0 Å². The van der Waals surface area contributed by atoms with Crippen molar-refractivity contribution < 1.29 is 14.3 Å². The Labute approximate surface area is 159 Å². The van der Waals surface area contributed by atoms with Gasteiger partial charge in [0.25, 0.3) is 5.91 Å². The molecule has 1 atom stereocenters. The van der Waals surface area contributed by atoms with Crippen molar-refractivity contribution in [1.29, 1.82) is 0 Å². The Hall–Kier alpha value is -2.80. The summed E-state index contributed by atoms with van der Waals surface area (Å²) in [6, 6.07) is 13.7. The quantitative estimate of drug-likeness (QED) is 0.711. The van der Waals surface area contributed by atoms with Crippen molar-refractivity contribution in [3.63, 3.8) is 0 Å². The third kappa shape index (κ3) is 3.88. The van der Waals surface area contributed by atoms with Crippen LogP contribution in [0.25, 0.3) is 0 Å². The highest BCUT2D eigenvalue weighted by Gasteiger charge is 2.31. The molecule has 0 saturated heterocycles. The number of rotatable bonds is 4. The maximum atomic E-state index is 12.9. The number of urea groups is 1. The number of anilines is 1. The average Bonchev–Trinajstić information content (AvgIpc) is 2.61. The lowest BCUT2D eigenvalue weighted by Gasteiger charge is -2.28. The van der Waals surface area contributed by atoms with Crippen LogP contribution in [0, 0.1) is 0 Å². The summed E-state index contributed by atoms with van der Waals surface area (Å²) in [7, 11) is 1.58. The van der Waals surface area contributed by atoms with E-state index in [9.17, 15) is 9.59 Å². The Morgan fingerprint density at radius 1 is 1.19 bits per heavy atom. The molecule has 0 spiro atoms. The minimum atomic E-state index is -0.542. The van der Waals surface area contributed by atoms with E-state index < -0.39 is 6.04 Å². The highest BCUT2D eigenvalue weighted by molar-refractivity contribution is 9.10. The van der Waals surface area contributed by atoms with Gasteiger partial charge in [-0.3, -0.25) is 4.79 Å². The molecule has 2 aromatic rings. The molecule has 1 aliphatic heterocycles. The van der Waals surface area contributed by atoms with Gasteiger partial charge >= 0.3 is 6.03 Å². The molecule has 0 aliphatic carbocycles. The predicted octanol–water partition coefficient (Wildman–Crippen LogP) is 3.72. The van der Waals surface area contributed by atoms with E-state index in [0.29, 0.717) is 22.7 Å². The molecule has 6 nitrogen and oxygen atoms in total. The first-order valence-corrected chi connectivity index (χ1v) is 8.76. The second-order valence-electron chi connectivity index (χ2n) is 5.81. The molecule has 0 fully saturated rings. The molecular weight excluding hydrogens is 398 g/mol. The summed E-state index contributed by atoms with van der Waals surface area (Å²) in [5.74, 6) is 0.419. The number of hydrogen-bond acceptors (Lipinski definition) is 3. The molecule has 0 saturated carbocycles. The minimum Gasteiger partial charge on any atom is -0.497 e. The molecule has 3 N–H and O–H groups in total. The first kappa shape index (κ1) is 18.0. The molecule has 3 amide bonds. The van der Waals surface area contributed by atoms with Crippen LogP contribution < -0.4 is 20.7 Å². The summed E-state index contributed by atoms with van der Waals surface area (Å²) in [4.78, 5) is 24.8. The molecule has 0 aromatic heterocycles. The zero-order valence-corrected chi connectivity index (χ0v) is 15.9. The van der Waals surface area contributed by atoms with Gasteiger partial charge in [0, 0.05) is 15.9 Å². The molecule has 1 heterocycles. The number of methoxy groups -OCH3 is 1. The molecule has 7 heteroatoms. The van der Waals surface area contributed by atoms with Crippen LogP contribution in [0.15, 0.2) is 64.3 Å². The maximum absolute atomic E-state index is 12.9. The van der Waals surface area contributed by atoms with Crippen molar-refractivity contribution in [1.82, 2.24) is 10.6 Å². The number of ether oxygens (including phenoxy) is 1. The van der Waals surface area contributed by atoms with E-state index in [1.165, 1.54) is 0 Å². The fraction of sp³-hybridized carbons (Fsp3) is 0.158. The number of nitrogens with one attached hydrogen (secondary N) is 3. The molecule has 134 valence electrons. The van der Waals surface area contributed by atoms with Crippen LogP contribution in [0.5, 0.6) is 5.75 Å². The number of carbonyl (C=O) groups excluding carboxylic acids is 2. The summed E-state index contributed by atoms with van der Waals surface area (Å²) < 4.78 is 5.99. The van der Waals surface area contributed by atoms with Gasteiger partial charge < -0.3 is 20.7 Å². The first-order chi connectivity index (χ1) is 12.5. The molecule has 3 rings (SSSR count). The molecule has 1 aliphatic rings. The first-order valence-electron chi connectivity index (χ1n) is 7.97. The Bertz CT molecular complexity index is 878. The summed E-state index contributed by atoms with van der Waals surface area (Å²) in [5, 5.41) is 8.35. The second-order valence-corrected chi connectivity index (χ2v) is 6.72. The van der Waals surface area contributed by atoms with Crippen molar-refractivity contribution in [3.05, 3.63) is 69.8 Å². The number of allylic oxidation sites excluding steroid dienone is 1. The van der Waals surface area contributed by atoms with Crippen LogP contribution in [0.1, 0.15) is 18.5 Å². The Kier molecular flexibility index (Phi) is 5.27. The van der Waals surface area contributed by atoms with Gasteiger partial charge in [-0.15, -0.1) is 0 Å². The normalized spacial score (nSPS) is 16.6. The summed E-state index contributed by atoms with van der Waals surface area (Å²) in [6.07, 6.45) is 0. The van der Waals surface area contributed by atoms with Gasteiger partial charge in [-0.25, -0.2) is 4.79 Å². The third-order valence-electron chi connectivity index (χ3n) is 4.04. The van der Waals surface area contributed by atoms with E-state index in [1.54, 1.807) is 38.3 Å². The van der Waals surface area contributed by atoms with Gasteiger partial charge in [-0.1, -0.05) is 28.1 Å². The van der Waals surface area contributed by atoms with Gasteiger partial charge in [0.05, 0.1) is 18.7 Å². The van der Waals surface area contributed by atoms with E-state index in [4.69, 9.17) is 4.74 Å². The largest absolute Gasteiger partial charge is 0.497 e. The van der Waals surface area contributed by atoms with Crippen molar-refractivity contribution >= 4 is 33.6 Å². The summed E-state index contributed by atoms with van der Waals surface area (Å²) >= 11 is 3.43. The third-order valence-corrected chi connectivity index (χ3v) is 4.54. The van der Waals surface area contributed by atoms with Gasteiger partial charge in [0.1, 0.15) is 5.75 Å². The standard InChI is InChI=1S/C19H18BrN3O3/c1-11-16(18(24)22-14-6-8-15(26-2)9-7-14)17(23-19(25)21-11)12-4-3-5-13(20)10-12/h3-10,17H,1-2H3,(H,22,24)(H2,21,23,25). The highest BCUT2D eigenvalue weighted by Crippen LogP contribution is 2.29. The monoisotopic (exact) mass is 415 g/mol. The van der Waals surface area contributed by atoms with Crippen LogP contribution in [0.2, 0.25) is 0 Å². The Balaban J connectivity index is 1.91. The van der Waals surface area contributed by atoms with E-state index in [-0.39, 0.29) is 11.9 Å². The maximum Gasteiger partial charge on any atom is 0.319 e. The fourth-order valence-electron chi connectivity index (χ4n) is 2.80. The number of amides is 3. The fourth-order valence-corrected chi connectivity index (χ4v) is 3.22. The average molecular weight is 416 g/mol. The van der Waals surface area contributed by atoms with Crippen LogP contribution >= 0.6 is 15.9 Å². The smallest absolute Gasteiger partial charge is 0.319 e. The summed E-state index contributed by atoms with van der Waals surface area (Å²) in [5.41, 5.74) is 2.43. The lowest BCUT2D eigenvalue weighted by atomic mass is 9.95. The van der Waals surface area contributed by atoms with E-state index in [2.05, 4.69) is 31.9 Å². The zero-order chi connectivity index (χ0) is 18.7. The number of hydrogen-bond donors (Lipinski definition) is 3. The molecule has 0 bridgehead atoms. The lowest BCUT2D eigenvalue weighted by molar-refractivity contribution is -0.113. The molecule has 2 aromatic carbocycles. The SMILES string of the molecule is COc1ccc(NC(=O)C2=C(C)NC(=O)NC2c2cccc(Br)c2)cc1. The summed E-state index contributed by atoms with van der Waals surface area (Å²) in [6.45, 7) is 1.71.